The van der Waals surface area contributed by atoms with Crippen LogP contribution in [-0.4, -0.2) is 33.0 Å². The zero-order valence-electron chi connectivity index (χ0n) is 11.2. The lowest BCUT2D eigenvalue weighted by Gasteiger charge is -2.20. The first-order valence-electron chi connectivity index (χ1n) is 6.18. The molecule has 2 atom stereocenters. The minimum atomic E-state index is -1.12. The monoisotopic (exact) mass is 283 g/mol. The summed E-state index contributed by atoms with van der Waals surface area (Å²) < 4.78 is 0. The first-order valence-corrected chi connectivity index (χ1v) is 6.18. The zero-order valence-corrected chi connectivity index (χ0v) is 11.2. The van der Waals surface area contributed by atoms with Crippen molar-refractivity contribution in [1.82, 2.24) is 15.3 Å². The van der Waals surface area contributed by atoms with E-state index in [1.165, 1.54) is 0 Å². The molecule has 0 aromatic carbocycles. The number of hydrogen-bond acceptors (Lipinski definition) is 4. The Bertz CT molecular complexity index is 575. The maximum atomic E-state index is 11.8. The van der Waals surface area contributed by atoms with E-state index < -0.39 is 29.2 Å². The van der Waals surface area contributed by atoms with Gasteiger partial charge in [0.25, 0.3) is 5.56 Å². The maximum Gasteiger partial charge on any atom is 0.326 e. The van der Waals surface area contributed by atoms with Crippen molar-refractivity contribution in [1.29, 1.82) is 0 Å². The topological polar surface area (TPSA) is 132 Å². The minimum Gasteiger partial charge on any atom is -0.480 e. The lowest BCUT2D eigenvalue weighted by molar-refractivity contribution is -0.143. The fraction of sp³-hybridized carbons (Fsp3) is 0.500. The van der Waals surface area contributed by atoms with Crippen molar-refractivity contribution in [3.8, 4) is 0 Å². The standard InChI is InChI=1S/C12H17N3O5/c1-3-6(2)10(11(18)19)14-8(16)4-7-5-9(17)15-12(20)13-7/h5-6,10H,3-4H2,1-2H3,(H,14,16)(H,18,19)(H2,13,15,17,20). The van der Waals surface area contributed by atoms with E-state index in [0.717, 1.165) is 6.07 Å². The van der Waals surface area contributed by atoms with Crippen LogP contribution in [0.25, 0.3) is 0 Å². The van der Waals surface area contributed by atoms with Gasteiger partial charge in [0.2, 0.25) is 5.91 Å². The van der Waals surface area contributed by atoms with Crippen LogP contribution >= 0.6 is 0 Å². The summed E-state index contributed by atoms with van der Waals surface area (Å²) in [4.78, 5) is 49.2. The largest absolute Gasteiger partial charge is 0.480 e. The molecule has 1 rings (SSSR count). The molecule has 4 N–H and O–H groups in total. The first-order chi connectivity index (χ1) is 9.33. The first kappa shape index (κ1) is 15.7. The molecule has 0 fully saturated rings. The highest BCUT2D eigenvalue weighted by Crippen LogP contribution is 2.08. The van der Waals surface area contributed by atoms with Crippen LogP contribution in [0.5, 0.6) is 0 Å². The van der Waals surface area contributed by atoms with Crippen LogP contribution in [0.1, 0.15) is 26.0 Å². The quantitative estimate of drug-likeness (QED) is 0.543. The van der Waals surface area contributed by atoms with Gasteiger partial charge in [-0.25, -0.2) is 9.59 Å². The molecule has 20 heavy (non-hydrogen) atoms. The third kappa shape index (κ3) is 4.38. The Morgan fingerprint density at radius 1 is 1.35 bits per heavy atom. The number of carboxylic acid groups (broad SMARTS) is 1. The molecule has 0 spiro atoms. The van der Waals surface area contributed by atoms with Crippen molar-refractivity contribution < 1.29 is 14.7 Å². The summed E-state index contributed by atoms with van der Waals surface area (Å²) >= 11 is 0. The summed E-state index contributed by atoms with van der Waals surface area (Å²) in [5, 5.41) is 11.4. The molecule has 2 unspecified atom stereocenters. The van der Waals surface area contributed by atoms with Crippen molar-refractivity contribution in [2.24, 2.45) is 5.92 Å². The molecular weight excluding hydrogens is 266 g/mol. The SMILES string of the molecule is CCC(C)C(NC(=O)Cc1cc(=O)[nH]c(=O)[nH]1)C(=O)O. The third-order valence-corrected chi connectivity index (χ3v) is 2.96. The van der Waals surface area contributed by atoms with Gasteiger partial charge >= 0.3 is 11.7 Å². The Kier molecular flexibility index (Phi) is 5.24. The summed E-state index contributed by atoms with van der Waals surface area (Å²) in [6.07, 6.45) is 0.332. The fourth-order valence-electron chi connectivity index (χ4n) is 1.70. The third-order valence-electron chi connectivity index (χ3n) is 2.96. The van der Waals surface area contributed by atoms with Gasteiger partial charge in [0.15, 0.2) is 0 Å². The molecule has 0 radical (unpaired) electrons. The number of hydrogen-bond donors (Lipinski definition) is 4. The normalized spacial score (nSPS) is 13.5. The van der Waals surface area contributed by atoms with Crippen LogP contribution in [0.15, 0.2) is 15.7 Å². The molecule has 8 nitrogen and oxygen atoms in total. The van der Waals surface area contributed by atoms with Gasteiger partial charge in [-0.3, -0.25) is 14.6 Å². The molecule has 0 bridgehead atoms. The van der Waals surface area contributed by atoms with Gasteiger partial charge in [-0.15, -0.1) is 0 Å². The van der Waals surface area contributed by atoms with E-state index in [1.54, 1.807) is 6.92 Å². The Balaban J connectivity index is 2.78. The van der Waals surface area contributed by atoms with E-state index >= 15 is 0 Å². The molecule has 1 heterocycles. The summed E-state index contributed by atoms with van der Waals surface area (Å²) in [6.45, 7) is 3.54. The van der Waals surface area contributed by atoms with Gasteiger partial charge in [-0.05, 0) is 5.92 Å². The van der Waals surface area contributed by atoms with E-state index in [4.69, 9.17) is 5.11 Å². The fourth-order valence-corrected chi connectivity index (χ4v) is 1.70. The van der Waals surface area contributed by atoms with Crippen LogP contribution < -0.4 is 16.6 Å². The van der Waals surface area contributed by atoms with Gasteiger partial charge in [-0.2, -0.15) is 0 Å². The lowest BCUT2D eigenvalue weighted by Crippen LogP contribution is -2.45. The number of carbonyl (C=O) groups excluding carboxylic acids is 1. The lowest BCUT2D eigenvalue weighted by atomic mass is 9.99. The van der Waals surface area contributed by atoms with Gasteiger partial charge in [-0.1, -0.05) is 20.3 Å². The molecule has 1 aromatic heterocycles. The molecule has 0 saturated carbocycles. The van der Waals surface area contributed by atoms with Crippen molar-refractivity contribution in [3.05, 3.63) is 32.6 Å². The van der Waals surface area contributed by atoms with Crippen LogP contribution in [-0.2, 0) is 16.0 Å². The maximum absolute atomic E-state index is 11.8. The summed E-state index contributed by atoms with van der Waals surface area (Å²) in [7, 11) is 0. The molecule has 0 saturated heterocycles. The van der Waals surface area contributed by atoms with E-state index in [2.05, 4.69) is 10.3 Å². The Morgan fingerprint density at radius 2 is 2.00 bits per heavy atom. The van der Waals surface area contributed by atoms with E-state index in [0.29, 0.717) is 6.42 Å². The number of carbonyl (C=O) groups is 2. The highest BCUT2D eigenvalue weighted by molar-refractivity contribution is 5.84. The van der Waals surface area contributed by atoms with Crippen molar-refractivity contribution in [2.75, 3.05) is 0 Å². The highest BCUT2D eigenvalue weighted by Gasteiger charge is 2.25. The predicted molar refractivity (Wildman–Crippen MR) is 70.4 cm³/mol. The Hall–Kier alpha value is -2.38. The van der Waals surface area contributed by atoms with Gasteiger partial charge in [0, 0.05) is 11.8 Å². The number of nitrogens with one attached hydrogen (secondary N) is 3. The second-order valence-electron chi connectivity index (χ2n) is 4.56. The molecule has 0 aliphatic rings. The number of H-pyrrole nitrogens is 2. The molecular formula is C12H17N3O5. The van der Waals surface area contributed by atoms with E-state index in [-0.39, 0.29) is 18.0 Å². The smallest absolute Gasteiger partial charge is 0.326 e. The minimum absolute atomic E-state index is 0.129. The van der Waals surface area contributed by atoms with Crippen molar-refractivity contribution in [2.45, 2.75) is 32.7 Å². The second kappa shape index (κ2) is 6.69. The average Bonchev–Trinajstić information content (AvgIpc) is 2.33. The molecule has 1 amide bonds. The molecule has 1 aromatic rings. The molecule has 8 heteroatoms. The van der Waals surface area contributed by atoms with Crippen LogP contribution in [0.2, 0.25) is 0 Å². The number of carboxylic acids is 1. The van der Waals surface area contributed by atoms with Gasteiger partial charge in [0.1, 0.15) is 6.04 Å². The predicted octanol–water partition coefficient (Wildman–Crippen LogP) is -0.779. The zero-order chi connectivity index (χ0) is 15.3. The Labute approximate surface area is 114 Å². The second-order valence-corrected chi connectivity index (χ2v) is 4.56. The van der Waals surface area contributed by atoms with Crippen molar-refractivity contribution >= 4 is 11.9 Å². The van der Waals surface area contributed by atoms with Crippen molar-refractivity contribution in [3.63, 3.8) is 0 Å². The number of rotatable bonds is 6. The number of aromatic nitrogens is 2. The number of amides is 1. The van der Waals surface area contributed by atoms with Gasteiger partial charge < -0.3 is 15.4 Å². The molecule has 0 aliphatic carbocycles. The Morgan fingerprint density at radius 3 is 2.50 bits per heavy atom. The summed E-state index contributed by atoms with van der Waals surface area (Å²) in [5.74, 6) is -1.92. The van der Waals surface area contributed by atoms with E-state index in [9.17, 15) is 19.2 Å². The molecule has 0 aliphatic heterocycles. The van der Waals surface area contributed by atoms with Crippen LogP contribution in [0.3, 0.4) is 0 Å². The van der Waals surface area contributed by atoms with Gasteiger partial charge in [0.05, 0.1) is 6.42 Å². The number of aliphatic carboxylic acids is 1. The summed E-state index contributed by atoms with van der Waals surface area (Å²) in [6, 6.07) is 0.0845. The number of aromatic amines is 2. The van der Waals surface area contributed by atoms with Crippen LogP contribution in [0.4, 0.5) is 0 Å². The average molecular weight is 283 g/mol. The van der Waals surface area contributed by atoms with Crippen LogP contribution in [0, 0.1) is 5.92 Å². The highest BCUT2D eigenvalue weighted by atomic mass is 16.4. The summed E-state index contributed by atoms with van der Waals surface area (Å²) in [5.41, 5.74) is -1.20. The van der Waals surface area contributed by atoms with E-state index in [1.807, 2.05) is 11.9 Å². The molecule has 110 valence electrons.